The Kier molecular flexibility index (Phi) is 4.31. The molecule has 1 aliphatic heterocycles. The summed E-state index contributed by atoms with van der Waals surface area (Å²) in [5, 5.41) is 7.21. The molecule has 4 heterocycles. The third-order valence-electron chi connectivity index (χ3n) is 3.91. The number of nitrogen functional groups attached to an aromatic ring is 1. The fraction of sp³-hybridized carbons (Fsp3) is 0.250. The van der Waals surface area contributed by atoms with Crippen molar-refractivity contribution in [3.63, 3.8) is 0 Å². The number of nitrogens with zero attached hydrogens (tertiary/aromatic N) is 4. The van der Waals surface area contributed by atoms with Crippen molar-refractivity contribution >= 4 is 34.7 Å². The topological polar surface area (TPSA) is 117 Å². The number of anilines is 2. The minimum absolute atomic E-state index is 0.0489. The monoisotopic (exact) mass is 374 g/mol. The molecule has 10 heteroatoms. The maximum atomic E-state index is 12.8. The summed E-state index contributed by atoms with van der Waals surface area (Å²) >= 11 is 5.89. The van der Waals surface area contributed by atoms with E-state index >= 15 is 0 Å². The molecular formula is C16H15ClN6O3. The Morgan fingerprint density at radius 2 is 2.35 bits per heavy atom. The number of fused-ring (bicyclic) bond motifs is 1. The van der Waals surface area contributed by atoms with Gasteiger partial charge in [-0.3, -0.25) is 9.78 Å². The summed E-state index contributed by atoms with van der Waals surface area (Å²) in [5.41, 5.74) is 6.78. The van der Waals surface area contributed by atoms with Crippen LogP contribution in [-0.4, -0.2) is 44.8 Å². The van der Waals surface area contributed by atoms with E-state index in [9.17, 15) is 4.79 Å². The highest BCUT2D eigenvalue weighted by Gasteiger charge is 2.22. The van der Waals surface area contributed by atoms with Crippen LogP contribution in [0.15, 0.2) is 30.9 Å². The number of pyridine rings is 1. The van der Waals surface area contributed by atoms with Gasteiger partial charge < -0.3 is 20.5 Å². The van der Waals surface area contributed by atoms with Gasteiger partial charge >= 0.3 is 0 Å². The molecule has 1 saturated heterocycles. The van der Waals surface area contributed by atoms with Gasteiger partial charge in [-0.05, 0) is 0 Å². The van der Waals surface area contributed by atoms with Crippen molar-refractivity contribution in [3.8, 4) is 5.75 Å². The minimum Gasteiger partial charge on any atom is -0.486 e. The molecule has 134 valence electrons. The molecule has 1 atom stereocenters. The molecule has 1 amide bonds. The molecule has 0 saturated carbocycles. The molecule has 0 radical (unpaired) electrons. The first kappa shape index (κ1) is 16.6. The molecule has 1 fully saturated rings. The number of nitrogens with two attached hydrogens (primary N) is 1. The van der Waals surface area contributed by atoms with Gasteiger partial charge in [0.05, 0.1) is 30.6 Å². The van der Waals surface area contributed by atoms with E-state index in [-0.39, 0.29) is 17.5 Å². The summed E-state index contributed by atoms with van der Waals surface area (Å²) in [6.07, 6.45) is 6.78. The van der Waals surface area contributed by atoms with Gasteiger partial charge in [0.2, 0.25) is 0 Å². The zero-order chi connectivity index (χ0) is 18.1. The lowest BCUT2D eigenvalue weighted by atomic mass is 10.2. The number of nitrogens with one attached hydrogen (secondary N) is 1. The molecule has 4 rings (SSSR count). The fourth-order valence-corrected chi connectivity index (χ4v) is 2.84. The molecule has 0 aliphatic carbocycles. The van der Waals surface area contributed by atoms with Crippen LogP contribution < -0.4 is 15.8 Å². The van der Waals surface area contributed by atoms with Crippen molar-refractivity contribution in [2.75, 3.05) is 24.3 Å². The molecule has 9 nitrogen and oxygen atoms in total. The fourth-order valence-electron chi connectivity index (χ4n) is 2.70. The molecular weight excluding hydrogens is 360 g/mol. The number of amides is 1. The van der Waals surface area contributed by atoms with Crippen LogP contribution in [-0.2, 0) is 4.74 Å². The molecule has 3 aromatic rings. The van der Waals surface area contributed by atoms with Gasteiger partial charge in [0.1, 0.15) is 23.1 Å². The SMILES string of the molecule is Nc1nn2cc(Cl)cnc2c1C(=O)Nc1cnccc1O[C@@H]1CCOC1. The summed E-state index contributed by atoms with van der Waals surface area (Å²) in [7, 11) is 0. The van der Waals surface area contributed by atoms with Gasteiger partial charge in [-0.1, -0.05) is 11.6 Å². The number of ether oxygens (including phenoxy) is 2. The maximum absolute atomic E-state index is 12.8. The summed E-state index contributed by atoms with van der Waals surface area (Å²) < 4.78 is 12.6. The van der Waals surface area contributed by atoms with E-state index in [1.807, 2.05) is 0 Å². The number of hydrogen-bond acceptors (Lipinski definition) is 7. The molecule has 0 unspecified atom stereocenters. The molecule has 26 heavy (non-hydrogen) atoms. The van der Waals surface area contributed by atoms with Gasteiger partial charge in [-0.15, -0.1) is 5.10 Å². The van der Waals surface area contributed by atoms with Crippen LogP contribution in [0.3, 0.4) is 0 Å². The van der Waals surface area contributed by atoms with Crippen molar-refractivity contribution in [2.24, 2.45) is 0 Å². The largest absolute Gasteiger partial charge is 0.486 e. The van der Waals surface area contributed by atoms with Crippen LogP contribution in [0.1, 0.15) is 16.8 Å². The number of carbonyl (C=O) groups excluding carboxylic acids is 1. The van der Waals surface area contributed by atoms with Crippen LogP contribution in [0.2, 0.25) is 5.02 Å². The van der Waals surface area contributed by atoms with Gasteiger partial charge in [-0.25, -0.2) is 9.50 Å². The van der Waals surface area contributed by atoms with Crippen LogP contribution in [0.25, 0.3) is 5.65 Å². The lowest BCUT2D eigenvalue weighted by Gasteiger charge is -2.15. The van der Waals surface area contributed by atoms with Crippen molar-refractivity contribution < 1.29 is 14.3 Å². The van der Waals surface area contributed by atoms with Crippen LogP contribution >= 0.6 is 11.6 Å². The molecule has 0 bridgehead atoms. The number of hydrogen-bond donors (Lipinski definition) is 2. The average Bonchev–Trinajstić information content (AvgIpc) is 3.23. The number of carbonyl (C=O) groups is 1. The Labute approximate surface area is 153 Å². The smallest absolute Gasteiger partial charge is 0.263 e. The highest BCUT2D eigenvalue weighted by molar-refractivity contribution is 6.30. The Morgan fingerprint density at radius 3 is 3.15 bits per heavy atom. The first-order chi connectivity index (χ1) is 12.6. The third kappa shape index (κ3) is 3.14. The maximum Gasteiger partial charge on any atom is 0.263 e. The molecule has 3 N–H and O–H groups in total. The highest BCUT2D eigenvalue weighted by atomic mass is 35.5. The van der Waals surface area contributed by atoms with E-state index in [1.165, 1.54) is 23.1 Å². The predicted molar refractivity (Wildman–Crippen MR) is 94.5 cm³/mol. The second-order valence-electron chi connectivity index (χ2n) is 5.73. The molecule has 0 spiro atoms. The molecule has 1 aliphatic rings. The van der Waals surface area contributed by atoms with Crippen molar-refractivity contribution in [1.29, 1.82) is 0 Å². The quantitative estimate of drug-likeness (QED) is 0.714. The summed E-state index contributed by atoms with van der Waals surface area (Å²) in [6.45, 7) is 1.17. The predicted octanol–water partition coefficient (Wildman–Crippen LogP) is 1.78. The standard InChI is InChI=1S/C16H15ClN6O3/c17-9-5-20-15-13(14(18)22-23(15)7-9)16(24)21-11-6-19-3-1-12(11)26-10-2-4-25-8-10/h1,3,5-7,10H,2,4,8H2,(H2,18,22)(H,21,24)/t10-/m1/s1. The van der Waals surface area contributed by atoms with E-state index in [1.54, 1.807) is 12.3 Å². The van der Waals surface area contributed by atoms with E-state index in [0.717, 1.165) is 6.42 Å². The summed E-state index contributed by atoms with van der Waals surface area (Å²) in [6, 6.07) is 1.69. The zero-order valence-corrected chi connectivity index (χ0v) is 14.3. The van der Waals surface area contributed by atoms with Crippen LogP contribution in [0.4, 0.5) is 11.5 Å². The zero-order valence-electron chi connectivity index (χ0n) is 13.6. The lowest BCUT2D eigenvalue weighted by Crippen LogP contribution is -2.19. The van der Waals surface area contributed by atoms with E-state index in [4.69, 9.17) is 26.8 Å². The summed E-state index contributed by atoms with van der Waals surface area (Å²) in [5.74, 6) is 0.0931. The van der Waals surface area contributed by atoms with Gasteiger partial charge in [0.25, 0.3) is 5.91 Å². The van der Waals surface area contributed by atoms with Gasteiger partial charge in [0, 0.05) is 24.9 Å². The normalized spacial score (nSPS) is 16.7. The number of aromatic nitrogens is 4. The number of rotatable bonds is 4. The third-order valence-corrected chi connectivity index (χ3v) is 4.10. The first-order valence-corrected chi connectivity index (χ1v) is 8.29. The summed E-state index contributed by atoms with van der Waals surface area (Å²) in [4.78, 5) is 20.9. The van der Waals surface area contributed by atoms with Crippen LogP contribution in [0, 0.1) is 0 Å². The van der Waals surface area contributed by atoms with Crippen molar-refractivity contribution in [3.05, 3.63) is 41.4 Å². The van der Waals surface area contributed by atoms with E-state index < -0.39 is 5.91 Å². The van der Waals surface area contributed by atoms with Gasteiger partial charge in [-0.2, -0.15) is 0 Å². The molecule has 3 aromatic heterocycles. The Morgan fingerprint density at radius 1 is 1.46 bits per heavy atom. The second-order valence-corrected chi connectivity index (χ2v) is 6.17. The molecule has 0 aromatic carbocycles. The van der Waals surface area contributed by atoms with Gasteiger partial charge in [0.15, 0.2) is 11.5 Å². The highest BCUT2D eigenvalue weighted by Crippen LogP contribution is 2.27. The Balaban J connectivity index is 1.62. The Hall–Kier alpha value is -2.91. The van der Waals surface area contributed by atoms with Crippen molar-refractivity contribution in [2.45, 2.75) is 12.5 Å². The first-order valence-electron chi connectivity index (χ1n) is 7.91. The van der Waals surface area contributed by atoms with Crippen molar-refractivity contribution in [1.82, 2.24) is 19.6 Å². The second kappa shape index (κ2) is 6.77. The van der Waals surface area contributed by atoms with E-state index in [2.05, 4.69) is 20.4 Å². The Bertz CT molecular complexity index is 970. The average molecular weight is 375 g/mol. The van der Waals surface area contributed by atoms with E-state index in [0.29, 0.717) is 35.3 Å². The lowest BCUT2D eigenvalue weighted by molar-refractivity contribution is 0.102. The number of halogens is 1. The minimum atomic E-state index is -0.465. The van der Waals surface area contributed by atoms with Crippen LogP contribution in [0.5, 0.6) is 5.75 Å².